The maximum atomic E-state index is 12.6. The molecule has 0 atom stereocenters. The number of hydrogen-bond donors (Lipinski definition) is 2. The third kappa shape index (κ3) is 6.67. The number of nitrogens with one attached hydrogen (secondary N) is 2. The number of likely N-dealkylation sites (tertiary alicyclic amines) is 1. The van der Waals surface area contributed by atoms with Crippen LogP contribution in [0.15, 0.2) is 6.07 Å². The summed E-state index contributed by atoms with van der Waals surface area (Å²) in [5.41, 5.74) is 0.338. The van der Waals surface area contributed by atoms with Gasteiger partial charge in [-0.05, 0) is 33.1 Å². The Hall–Kier alpha value is -2.42. The smallest absolute Gasteiger partial charge is 0.409 e. The minimum atomic E-state index is -0.294. The number of nitrogens with zero attached hydrogens (tertiary/aromatic N) is 3. The van der Waals surface area contributed by atoms with Crippen LogP contribution < -0.4 is 10.6 Å². The SMILES string of the molecule is CCOC(=O)N1CCC(NC(=O)c2cc(NCCCOC)nc(C)n2)CC1. The predicted octanol–water partition coefficient (Wildman–Crippen LogP) is 1.58. The summed E-state index contributed by atoms with van der Waals surface area (Å²) < 4.78 is 10.0. The van der Waals surface area contributed by atoms with E-state index in [2.05, 4.69) is 20.6 Å². The van der Waals surface area contributed by atoms with Crippen molar-refractivity contribution >= 4 is 17.8 Å². The van der Waals surface area contributed by atoms with Crippen molar-refractivity contribution in [1.29, 1.82) is 0 Å². The van der Waals surface area contributed by atoms with Crippen molar-refractivity contribution in [3.05, 3.63) is 17.6 Å². The van der Waals surface area contributed by atoms with Gasteiger partial charge in [-0.2, -0.15) is 0 Å². The Morgan fingerprint density at radius 2 is 2.04 bits per heavy atom. The average molecular weight is 379 g/mol. The lowest BCUT2D eigenvalue weighted by molar-refractivity contribution is 0.0856. The number of anilines is 1. The maximum absolute atomic E-state index is 12.6. The summed E-state index contributed by atoms with van der Waals surface area (Å²) in [5, 5.41) is 6.18. The molecule has 1 aliphatic heterocycles. The lowest BCUT2D eigenvalue weighted by Crippen LogP contribution is -2.46. The number of rotatable bonds is 8. The van der Waals surface area contributed by atoms with E-state index in [1.54, 1.807) is 31.9 Å². The fourth-order valence-corrected chi connectivity index (χ4v) is 2.89. The Balaban J connectivity index is 1.87. The lowest BCUT2D eigenvalue weighted by Gasteiger charge is -2.31. The number of hydrogen-bond acceptors (Lipinski definition) is 7. The van der Waals surface area contributed by atoms with Crippen LogP contribution >= 0.6 is 0 Å². The van der Waals surface area contributed by atoms with Gasteiger partial charge in [0.2, 0.25) is 0 Å². The van der Waals surface area contributed by atoms with Gasteiger partial charge >= 0.3 is 6.09 Å². The first-order valence-electron chi connectivity index (χ1n) is 9.34. The second kappa shape index (κ2) is 10.7. The summed E-state index contributed by atoms with van der Waals surface area (Å²) >= 11 is 0. The summed E-state index contributed by atoms with van der Waals surface area (Å²) in [7, 11) is 1.66. The van der Waals surface area contributed by atoms with Crippen LogP contribution in [-0.4, -0.2) is 72.9 Å². The van der Waals surface area contributed by atoms with E-state index in [0.29, 0.717) is 63.0 Å². The standard InChI is InChI=1S/C18H29N5O4/c1-4-27-18(25)23-9-6-14(7-10-23)22-17(24)15-12-16(21-13(2)20-15)19-8-5-11-26-3/h12,14H,4-11H2,1-3H3,(H,22,24)(H,19,20,21). The molecule has 0 aliphatic carbocycles. The Morgan fingerprint density at radius 1 is 1.30 bits per heavy atom. The summed E-state index contributed by atoms with van der Waals surface area (Å²) in [6, 6.07) is 1.67. The van der Waals surface area contributed by atoms with Crippen molar-refractivity contribution in [2.75, 3.05) is 45.3 Å². The zero-order valence-electron chi connectivity index (χ0n) is 16.3. The van der Waals surface area contributed by atoms with E-state index in [9.17, 15) is 9.59 Å². The largest absolute Gasteiger partial charge is 0.450 e. The molecule has 0 bridgehead atoms. The van der Waals surface area contributed by atoms with Crippen LogP contribution in [0.3, 0.4) is 0 Å². The van der Waals surface area contributed by atoms with Gasteiger partial charge in [-0.15, -0.1) is 0 Å². The van der Waals surface area contributed by atoms with Crippen molar-refractivity contribution in [3.8, 4) is 0 Å². The van der Waals surface area contributed by atoms with Gasteiger partial charge in [-0.1, -0.05) is 0 Å². The molecule has 0 unspecified atom stereocenters. The second-order valence-corrected chi connectivity index (χ2v) is 6.39. The fraction of sp³-hybridized carbons (Fsp3) is 0.667. The normalized spacial score (nSPS) is 14.7. The van der Waals surface area contributed by atoms with E-state index in [1.165, 1.54) is 0 Å². The highest BCUT2D eigenvalue weighted by Crippen LogP contribution is 2.13. The number of aromatic nitrogens is 2. The summed E-state index contributed by atoms with van der Waals surface area (Å²) in [6.45, 7) is 6.42. The Morgan fingerprint density at radius 3 is 2.70 bits per heavy atom. The van der Waals surface area contributed by atoms with Crippen LogP contribution in [-0.2, 0) is 9.47 Å². The zero-order valence-corrected chi connectivity index (χ0v) is 16.3. The predicted molar refractivity (Wildman–Crippen MR) is 101 cm³/mol. The Bertz CT molecular complexity index is 632. The van der Waals surface area contributed by atoms with Crippen molar-refractivity contribution in [3.63, 3.8) is 0 Å². The summed E-state index contributed by atoms with van der Waals surface area (Å²) in [5.74, 6) is 0.935. The van der Waals surface area contributed by atoms with Crippen molar-refractivity contribution in [1.82, 2.24) is 20.2 Å². The topological polar surface area (TPSA) is 106 Å². The van der Waals surface area contributed by atoms with Crippen molar-refractivity contribution < 1.29 is 19.1 Å². The molecule has 2 amide bonds. The minimum absolute atomic E-state index is 0.0107. The average Bonchev–Trinajstić information content (AvgIpc) is 2.65. The third-order valence-corrected chi connectivity index (χ3v) is 4.26. The number of amides is 2. The molecule has 0 saturated carbocycles. The minimum Gasteiger partial charge on any atom is -0.450 e. The zero-order chi connectivity index (χ0) is 19.6. The lowest BCUT2D eigenvalue weighted by atomic mass is 10.1. The van der Waals surface area contributed by atoms with E-state index in [-0.39, 0.29) is 18.0 Å². The van der Waals surface area contributed by atoms with E-state index < -0.39 is 0 Å². The highest BCUT2D eigenvalue weighted by atomic mass is 16.6. The van der Waals surface area contributed by atoms with Gasteiger partial charge in [0.25, 0.3) is 5.91 Å². The Kier molecular flexibility index (Phi) is 8.25. The number of aryl methyl sites for hydroxylation is 1. The van der Waals surface area contributed by atoms with Gasteiger partial charge < -0.3 is 25.0 Å². The number of piperidine rings is 1. The molecule has 1 saturated heterocycles. The molecular weight excluding hydrogens is 350 g/mol. The highest BCUT2D eigenvalue weighted by Gasteiger charge is 2.25. The molecule has 1 aromatic rings. The maximum Gasteiger partial charge on any atom is 0.409 e. The number of carbonyl (C=O) groups is 2. The van der Waals surface area contributed by atoms with Gasteiger partial charge in [0.15, 0.2) is 0 Å². The molecule has 150 valence electrons. The Labute approximate surface area is 159 Å². The van der Waals surface area contributed by atoms with Gasteiger partial charge in [0.1, 0.15) is 17.3 Å². The van der Waals surface area contributed by atoms with Crippen LogP contribution in [0.1, 0.15) is 42.5 Å². The first-order chi connectivity index (χ1) is 13.0. The van der Waals surface area contributed by atoms with Crippen LogP contribution in [0.2, 0.25) is 0 Å². The number of methoxy groups -OCH3 is 1. The van der Waals surface area contributed by atoms with E-state index in [0.717, 1.165) is 6.42 Å². The molecule has 9 heteroatoms. The highest BCUT2D eigenvalue weighted by molar-refractivity contribution is 5.93. The van der Waals surface area contributed by atoms with Gasteiger partial charge in [0, 0.05) is 45.5 Å². The third-order valence-electron chi connectivity index (χ3n) is 4.26. The summed E-state index contributed by atoms with van der Waals surface area (Å²) in [6.07, 6.45) is 1.94. The van der Waals surface area contributed by atoms with Gasteiger partial charge in [-0.25, -0.2) is 14.8 Å². The van der Waals surface area contributed by atoms with Crippen molar-refractivity contribution in [2.45, 2.75) is 39.2 Å². The molecule has 1 aromatic heterocycles. The monoisotopic (exact) mass is 379 g/mol. The first kappa shape index (κ1) is 20.9. The van der Waals surface area contributed by atoms with Gasteiger partial charge in [0.05, 0.1) is 6.61 Å². The first-order valence-corrected chi connectivity index (χ1v) is 9.34. The van der Waals surface area contributed by atoms with E-state index in [4.69, 9.17) is 9.47 Å². The molecule has 1 fully saturated rings. The molecule has 2 N–H and O–H groups in total. The second-order valence-electron chi connectivity index (χ2n) is 6.39. The summed E-state index contributed by atoms with van der Waals surface area (Å²) in [4.78, 5) is 34.5. The molecule has 0 spiro atoms. The quantitative estimate of drug-likeness (QED) is 0.661. The molecule has 0 radical (unpaired) electrons. The van der Waals surface area contributed by atoms with E-state index in [1.807, 2.05) is 0 Å². The van der Waals surface area contributed by atoms with Crippen LogP contribution in [0.25, 0.3) is 0 Å². The molecule has 2 rings (SSSR count). The van der Waals surface area contributed by atoms with Crippen LogP contribution in [0.4, 0.5) is 10.6 Å². The molecule has 1 aliphatic rings. The van der Waals surface area contributed by atoms with Crippen LogP contribution in [0.5, 0.6) is 0 Å². The van der Waals surface area contributed by atoms with Crippen LogP contribution in [0, 0.1) is 6.92 Å². The number of ether oxygens (including phenoxy) is 2. The van der Waals surface area contributed by atoms with Crippen molar-refractivity contribution in [2.24, 2.45) is 0 Å². The molecule has 0 aromatic carbocycles. The van der Waals surface area contributed by atoms with E-state index >= 15 is 0 Å². The molecule has 2 heterocycles. The molecule has 9 nitrogen and oxygen atoms in total. The molecule has 27 heavy (non-hydrogen) atoms. The number of carbonyl (C=O) groups excluding carboxylic acids is 2. The molecular formula is C18H29N5O4. The fourth-order valence-electron chi connectivity index (χ4n) is 2.89. The van der Waals surface area contributed by atoms with Gasteiger partial charge in [-0.3, -0.25) is 4.79 Å².